The summed E-state index contributed by atoms with van der Waals surface area (Å²) in [4.78, 5) is 0. The lowest BCUT2D eigenvalue weighted by Gasteiger charge is -2.12. The normalized spacial score (nSPS) is 19.1. The first-order chi connectivity index (χ1) is 8.83. The Morgan fingerprint density at radius 2 is 2.33 bits per heavy atom. The molecule has 1 N–H and O–H groups in total. The second kappa shape index (κ2) is 6.73. The molecule has 0 spiro atoms. The number of aliphatic hydroxyl groups is 1. The highest BCUT2D eigenvalue weighted by Crippen LogP contribution is 2.21. The van der Waals surface area contributed by atoms with Crippen molar-refractivity contribution in [3.05, 3.63) is 29.3 Å². The van der Waals surface area contributed by atoms with Crippen molar-refractivity contribution in [2.45, 2.75) is 19.6 Å². The van der Waals surface area contributed by atoms with Crippen LogP contribution in [0.15, 0.2) is 18.2 Å². The van der Waals surface area contributed by atoms with Crippen molar-refractivity contribution in [2.24, 2.45) is 5.92 Å². The number of hydrogen-bond donors (Lipinski definition) is 1. The van der Waals surface area contributed by atoms with E-state index in [2.05, 4.69) is 0 Å². The predicted octanol–water partition coefficient (Wildman–Crippen LogP) is 1.74. The molecule has 1 aliphatic heterocycles. The first-order valence-electron chi connectivity index (χ1n) is 6.25. The zero-order valence-corrected chi connectivity index (χ0v) is 10.7. The highest BCUT2D eigenvalue weighted by atomic mass is 16.5. The Bertz CT molecular complexity index is 372. The van der Waals surface area contributed by atoms with Gasteiger partial charge in [-0.3, -0.25) is 0 Å². The van der Waals surface area contributed by atoms with Gasteiger partial charge in [0.05, 0.1) is 33.5 Å². The molecule has 1 heterocycles. The number of hydrogen-bond acceptors (Lipinski definition) is 4. The van der Waals surface area contributed by atoms with Gasteiger partial charge in [-0.1, -0.05) is 6.07 Å². The minimum Gasteiger partial charge on any atom is -0.496 e. The molecule has 1 unspecified atom stereocenters. The molecule has 1 saturated heterocycles. The van der Waals surface area contributed by atoms with E-state index in [-0.39, 0.29) is 6.61 Å². The fourth-order valence-electron chi connectivity index (χ4n) is 2.09. The maximum atomic E-state index is 9.13. The molecule has 4 nitrogen and oxygen atoms in total. The van der Waals surface area contributed by atoms with E-state index in [9.17, 15) is 0 Å². The van der Waals surface area contributed by atoms with Gasteiger partial charge < -0.3 is 19.3 Å². The van der Waals surface area contributed by atoms with Gasteiger partial charge >= 0.3 is 0 Å². The Labute approximate surface area is 107 Å². The molecule has 1 aliphatic rings. The smallest absolute Gasteiger partial charge is 0.124 e. The van der Waals surface area contributed by atoms with Crippen molar-refractivity contribution in [2.75, 3.05) is 26.9 Å². The molecule has 4 heteroatoms. The van der Waals surface area contributed by atoms with E-state index in [0.29, 0.717) is 19.1 Å². The summed E-state index contributed by atoms with van der Waals surface area (Å²) in [7, 11) is 1.64. The molecule has 100 valence electrons. The van der Waals surface area contributed by atoms with Crippen molar-refractivity contribution in [1.29, 1.82) is 0 Å². The maximum absolute atomic E-state index is 9.13. The molecule has 0 saturated carbocycles. The van der Waals surface area contributed by atoms with Crippen LogP contribution in [0, 0.1) is 5.92 Å². The lowest BCUT2D eigenvalue weighted by Crippen LogP contribution is -2.09. The quantitative estimate of drug-likeness (QED) is 0.837. The Balaban J connectivity index is 1.89. The van der Waals surface area contributed by atoms with Gasteiger partial charge in [-0.15, -0.1) is 0 Å². The van der Waals surface area contributed by atoms with E-state index >= 15 is 0 Å². The number of ether oxygens (including phenoxy) is 3. The Hall–Kier alpha value is -1.10. The molecular formula is C14H20O4. The molecule has 1 aromatic carbocycles. The summed E-state index contributed by atoms with van der Waals surface area (Å²) in [5.41, 5.74) is 1.85. The molecule has 18 heavy (non-hydrogen) atoms. The van der Waals surface area contributed by atoms with Gasteiger partial charge in [0.25, 0.3) is 0 Å². The number of rotatable bonds is 6. The average molecular weight is 252 g/mol. The van der Waals surface area contributed by atoms with Crippen molar-refractivity contribution in [3.8, 4) is 5.75 Å². The lowest BCUT2D eigenvalue weighted by molar-refractivity contribution is 0.0779. The van der Waals surface area contributed by atoms with Crippen LogP contribution >= 0.6 is 0 Å². The molecule has 0 aromatic heterocycles. The summed E-state index contributed by atoms with van der Waals surface area (Å²) in [6.45, 7) is 2.90. The van der Waals surface area contributed by atoms with Gasteiger partial charge in [0.2, 0.25) is 0 Å². The number of benzene rings is 1. The highest BCUT2D eigenvalue weighted by molar-refractivity contribution is 5.36. The molecule has 0 amide bonds. The highest BCUT2D eigenvalue weighted by Gasteiger charge is 2.15. The van der Waals surface area contributed by atoms with Crippen LogP contribution in [-0.4, -0.2) is 32.0 Å². The summed E-state index contributed by atoms with van der Waals surface area (Å²) in [5, 5.41) is 9.13. The summed E-state index contributed by atoms with van der Waals surface area (Å²) in [5.74, 6) is 1.31. The van der Waals surface area contributed by atoms with Crippen LogP contribution < -0.4 is 4.74 Å². The number of methoxy groups -OCH3 is 1. The summed E-state index contributed by atoms with van der Waals surface area (Å²) in [6.07, 6.45) is 1.08. The zero-order chi connectivity index (χ0) is 12.8. The maximum Gasteiger partial charge on any atom is 0.124 e. The molecule has 1 aromatic rings. The van der Waals surface area contributed by atoms with E-state index in [1.165, 1.54) is 0 Å². The van der Waals surface area contributed by atoms with Crippen molar-refractivity contribution in [1.82, 2.24) is 0 Å². The van der Waals surface area contributed by atoms with Gasteiger partial charge in [-0.05, 0) is 24.1 Å². The zero-order valence-electron chi connectivity index (χ0n) is 10.7. The van der Waals surface area contributed by atoms with Crippen LogP contribution in [0.4, 0.5) is 0 Å². The first kappa shape index (κ1) is 13.3. The van der Waals surface area contributed by atoms with Crippen molar-refractivity contribution >= 4 is 0 Å². The summed E-state index contributed by atoms with van der Waals surface area (Å²) < 4.78 is 16.3. The molecule has 0 aliphatic carbocycles. The average Bonchev–Trinajstić information content (AvgIpc) is 2.92. The fourth-order valence-corrected chi connectivity index (χ4v) is 2.09. The fraction of sp³-hybridized carbons (Fsp3) is 0.571. The van der Waals surface area contributed by atoms with Gasteiger partial charge in [-0.25, -0.2) is 0 Å². The standard InChI is InChI=1S/C14H20O4/c1-16-14-3-2-11(7-15)6-13(14)10-18-9-12-4-5-17-8-12/h2-3,6,12,15H,4-5,7-10H2,1H3. The van der Waals surface area contributed by atoms with Crippen LogP contribution in [-0.2, 0) is 22.7 Å². The van der Waals surface area contributed by atoms with Gasteiger partial charge in [0.15, 0.2) is 0 Å². The Kier molecular flexibility index (Phi) is 4.99. The van der Waals surface area contributed by atoms with E-state index in [4.69, 9.17) is 19.3 Å². The molecule has 2 rings (SSSR count). The Morgan fingerprint density at radius 1 is 1.44 bits per heavy atom. The predicted molar refractivity (Wildman–Crippen MR) is 67.5 cm³/mol. The minimum absolute atomic E-state index is 0.0352. The molecule has 1 fully saturated rings. The minimum atomic E-state index is 0.0352. The monoisotopic (exact) mass is 252 g/mol. The SMILES string of the molecule is COc1ccc(CO)cc1COCC1CCOC1. The van der Waals surface area contributed by atoms with Crippen LogP contribution in [0.1, 0.15) is 17.5 Å². The lowest BCUT2D eigenvalue weighted by atomic mass is 10.1. The van der Waals surface area contributed by atoms with E-state index < -0.39 is 0 Å². The van der Waals surface area contributed by atoms with Gasteiger partial charge in [0.1, 0.15) is 5.75 Å². The summed E-state index contributed by atoms with van der Waals surface area (Å²) in [6, 6.07) is 5.64. The van der Waals surface area contributed by atoms with Crippen LogP contribution in [0.2, 0.25) is 0 Å². The molecule has 1 atom stereocenters. The molecule has 0 radical (unpaired) electrons. The largest absolute Gasteiger partial charge is 0.496 e. The van der Waals surface area contributed by atoms with Crippen LogP contribution in [0.3, 0.4) is 0 Å². The van der Waals surface area contributed by atoms with Gasteiger partial charge in [0, 0.05) is 18.1 Å². The van der Waals surface area contributed by atoms with Crippen LogP contribution in [0.25, 0.3) is 0 Å². The molecule has 0 bridgehead atoms. The van der Waals surface area contributed by atoms with Crippen molar-refractivity contribution < 1.29 is 19.3 Å². The third kappa shape index (κ3) is 3.45. The van der Waals surface area contributed by atoms with E-state index in [1.54, 1.807) is 7.11 Å². The van der Waals surface area contributed by atoms with Crippen LogP contribution in [0.5, 0.6) is 5.75 Å². The summed E-state index contributed by atoms with van der Waals surface area (Å²) >= 11 is 0. The third-order valence-electron chi connectivity index (χ3n) is 3.16. The first-order valence-corrected chi connectivity index (χ1v) is 6.25. The third-order valence-corrected chi connectivity index (χ3v) is 3.16. The second-order valence-corrected chi connectivity index (χ2v) is 4.55. The van der Waals surface area contributed by atoms with Crippen molar-refractivity contribution in [3.63, 3.8) is 0 Å². The van der Waals surface area contributed by atoms with E-state index in [1.807, 2.05) is 18.2 Å². The number of aliphatic hydroxyl groups excluding tert-OH is 1. The van der Waals surface area contributed by atoms with E-state index in [0.717, 1.165) is 36.5 Å². The Morgan fingerprint density at radius 3 is 3.00 bits per heavy atom. The molecular weight excluding hydrogens is 232 g/mol. The topological polar surface area (TPSA) is 47.9 Å². The second-order valence-electron chi connectivity index (χ2n) is 4.55. The van der Waals surface area contributed by atoms with Gasteiger partial charge in [-0.2, -0.15) is 0 Å².